The quantitative estimate of drug-likeness (QED) is 0.395. The van der Waals surface area contributed by atoms with E-state index in [1.54, 1.807) is 11.2 Å². The van der Waals surface area contributed by atoms with Crippen molar-refractivity contribution in [2.45, 2.75) is 13.3 Å². The molecule has 9 heavy (non-hydrogen) atoms. The van der Waals surface area contributed by atoms with Gasteiger partial charge in [0.05, 0.1) is 4.61 Å². The highest BCUT2D eigenvalue weighted by Crippen LogP contribution is 1.95. The van der Waals surface area contributed by atoms with Crippen LogP contribution in [-0.2, 0) is 0 Å². The van der Waals surface area contributed by atoms with Crippen molar-refractivity contribution in [2.75, 3.05) is 6.54 Å². The molecule has 0 spiro atoms. The van der Waals surface area contributed by atoms with Crippen molar-refractivity contribution in [1.29, 1.82) is 0 Å². The molecule has 0 aliphatic heterocycles. The molecule has 0 fully saturated rings. The first kappa shape index (κ1) is 8.78. The number of nitrogens with zero attached hydrogens (tertiary/aromatic N) is 1. The highest BCUT2D eigenvalue weighted by atomic mass is 79.9. The molecule has 0 aromatic carbocycles. The van der Waals surface area contributed by atoms with E-state index in [1.807, 2.05) is 0 Å². The maximum Gasteiger partial charge on any atom is 0.0930 e. The minimum atomic E-state index is 0.554. The molecule has 0 rings (SSSR count). The largest absolute Gasteiger partial charge is 0.392 e. The van der Waals surface area contributed by atoms with E-state index < -0.39 is 0 Å². The highest BCUT2D eigenvalue weighted by Gasteiger charge is 1.88. The fourth-order valence-electron chi connectivity index (χ4n) is 0.481. The topological polar surface area (TPSA) is 55.3 Å². The minimum Gasteiger partial charge on any atom is -0.392 e. The Morgan fingerprint density at radius 2 is 2.33 bits per heavy atom. The van der Waals surface area contributed by atoms with Crippen LogP contribution in [0.15, 0.2) is 10.8 Å². The highest BCUT2D eigenvalue weighted by molar-refractivity contribution is 9.11. The van der Waals surface area contributed by atoms with Crippen molar-refractivity contribution >= 4 is 15.9 Å². The number of hydrogen-bond acceptors (Lipinski definition) is 3. The van der Waals surface area contributed by atoms with Gasteiger partial charge in [-0.05, 0) is 22.4 Å². The molecule has 0 unspecified atom stereocenters. The Balaban J connectivity index is 3.49. The van der Waals surface area contributed by atoms with E-state index >= 15 is 0 Å². The molecule has 0 radical (unpaired) electrons. The number of hydrazine groups is 1. The molecule has 0 bridgehead atoms. The summed E-state index contributed by atoms with van der Waals surface area (Å²) in [7, 11) is 0. The molecule has 0 saturated heterocycles. The predicted molar refractivity (Wildman–Crippen MR) is 42.4 cm³/mol. The fraction of sp³-hybridized carbons (Fsp3) is 0.600. The number of rotatable bonds is 3. The first-order valence-electron chi connectivity index (χ1n) is 2.81. The molecule has 0 heterocycles. The fourth-order valence-corrected chi connectivity index (χ4v) is 0.744. The van der Waals surface area contributed by atoms with Crippen LogP contribution < -0.4 is 11.6 Å². The Morgan fingerprint density at radius 3 is 2.67 bits per heavy atom. The molecule has 0 saturated carbocycles. The zero-order valence-corrected chi connectivity index (χ0v) is 7.06. The van der Waals surface area contributed by atoms with E-state index in [0.717, 1.165) is 13.0 Å². The average Bonchev–Trinajstić information content (AvgIpc) is 1.63. The van der Waals surface area contributed by atoms with Crippen molar-refractivity contribution in [3.05, 3.63) is 10.8 Å². The second-order valence-corrected chi connectivity index (χ2v) is 2.67. The van der Waals surface area contributed by atoms with Gasteiger partial charge in [-0.15, -0.1) is 0 Å². The lowest BCUT2D eigenvalue weighted by atomic mass is 10.5. The molecular formula is C5H12BrN3. The van der Waals surface area contributed by atoms with Crippen LogP contribution in [0.5, 0.6) is 0 Å². The maximum absolute atomic E-state index is 5.43. The number of nitrogens with two attached hydrogens (primary N) is 2. The molecular weight excluding hydrogens is 182 g/mol. The first-order chi connectivity index (χ1) is 4.16. The van der Waals surface area contributed by atoms with Gasteiger partial charge in [0.2, 0.25) is 0 Å². The Kier molecular flexibility index (Phi) is 4.53. The normalized spacial score (nSPS) is 11.7. The van der Waals surface area contributed by atoms with Gasteiger partial charge in [-0.25, -0.2) is 5.84 Å². The monoisotopic (exact) mass is 193 g/mol. The summed E-state index contributed by atoms with van der Waals surface area (Å²) in [4.78, 5) is 0. The Bertz CT molecular complexity index is 98.4. The molecule has 0 aromatic heterocycles. The third-order valence-electron chi connectivity index (χ3n) is 0.771. The molecule has 0 aliphatic carbocycles. The summed E-state index contributed by atoms with van der Waals surface area (Å²) in [5, 5.41) is 1.55. The Labute approximate surface area is 63.8 Å². The van der Waals surface area contributed by atoms with Crippen LogP contribution in [0.1, 0.15) is 13.3 Å². The smallest absolute Gasteiger partial charge is 0.0930 e. The molecule has 3 nitrogen and oxygen atoms in total. The summed E-state index contributed by atoms with van der Waals surface area (Å²) < 4.78 is 0.554. The van der Waals surface area contributed by atoms with Crippen LogP contribution >= 0.6 is 15.9 Å². The number of hydrogen-bond donors (Lipinski definition) is 2. The standard InChI is InChI=1S/C5H12BrN3/c1-2-3-9(8)4-5(6)7/h4H,2-3,7-8H2,1H3/b5-4-. The van der Waals surface area contributed by atoms with Crippen LogP contribution in [0.25, 0.3) is 0 Å². The zero-order valence-electron chi connectivity index (χ0n) is 5.47. The first-order valence-corrected chi connectivity index (χ1v) is 3.60. The van der Waals surface area contributed by atoms with Gasteiger partial charge in [-0.2, -0.15) is 0 Å². The van der Waals surface area contributed by atoms with E-state index in [2.05, 4.69) is 22.9 Å². The molecule has 4 N–H and O–H groups in total. The van der Waals surface area contributed by atoms with E-state index in [0.29, 0.717) is 4.61 Å². The maximum atomic E-state index is 5.43. The van der Waals surface area contributed by atoms with Gasteiger partial charge in [0.25, 0.3) is 0 Å². The van der Waals surface area contributed by atoms with Crippen molar-refractivity contribution in [3.63, 3.8) is 0 Å². The second-order valence-electron chi connectivity index (χ2n) is 1.75. The lowest BCUT2D eigenvalue weighted by molar-refractivity contribution is 0.392. The van der Waals surface area contributed by atoms with Gasteiger partial charge in [0.15, 0.2) is 0 Å². The van der Waals surface area contributed by atoms with Crippen LogP contribution in [0.3, 0.4) is 0 Å². The van der Waals surface area contributed by atoms with E-state index in [1.165, 1.54) is 0 Å². The lowest BCUT2D eigenvalue weighted by Gasteiger charge is -2.10. The van der Waals surface area contributed by atoms with Gasteiger partial charge in [-0.3, -0.25) is 0 Å². The van der Waals surface area contributed by atoms with Gasteiger partial charge in [-0.1, -0.05) is 6.92 Å². The SMILES string of the molecule is CCCN(N)/C=C(\N)Br. The van der Waals surface area contributed by atoms with E-state index in [4.69, 9.17) is 11.6 Å². The number of halogens is 1. The van der Waals surface area contributed by atoms with Crippen LogP contribution in [0, 0.1) is 0 Å². The summed E-state index contributed by atoms with van der Waals surface area (Å²) in [6, 6.07) is 0. The van der Waals surface area contributed by atoms with E-state index in [-0.39, 0.29) is 0 Å². The predicted octanol–water partition coefficient (Wildman–Crippen LogP) is 0.725. The van der Waals surface area contributed by atoms with Gasteiger partial charge >= 0.3 is 0 Å². The molecule has 0 aliphatic rings. The molecule has 4 heteroatoms. The Hall–Kier alpha value is -0.220. The zero-order chi connectivity index (χ0) is 7.28. The van der Waals surface area contributed by atoms with Crippen LogP contribution in [0.4, 0.5) is 0 Å². The van der Waals surface area contributed by atoms with Crippen molar-refractivity contribution in [2.24, 2.45) is 11.6 Å². The van der Waals surface area contributed by atoms with Crippen LogP contribution in [0.2, 0.25) is 0 Å². The van der Waals surface area contributed by atoms with Gasteiger partial charge in [0, 0.05) is 12.7 Å². The van der Waals surface area contributed by atoms with Crippen molar-refractivity contribution in [1.82, 2.24) is 5.01 Å². The van der Waals surface area contributed by atoms with Crippen LogP contribution in [-0.4, -0.2) is 11.6 Å². The van der Waals surface area contributed by atoms with E-state index in [9.17, 15) is 0 Å². The summed E-state index contributed by atoms with van der Waals surface area (Å²) in [6.45, 7) is 2.88. The average molecular weight is 194 g/mol. The lowest BCUT2D eigenvalue weighted by Crippen LogP contribution is -2.26. The summed E-state index contributed by atoms with van der Waals surface area (Å²) in [5.41, 5.74) is 5.28. The van der Waals surface area contributed by atoms with Crippen molar-refractivity contribution in [3.8, 4) is 0 Å². The van der Waals surface area contributed by atoms with Gasteiger partial charge in [0.1, 0.15) is 0 Å². The minimum absolute atomic E-state index is 0.554. The second kappa shape index (κ2) is 4.64. The third kappa shape index (κ3) is 5.65. The van der Waals surface area contributed by atoms with Crippen molar-refractivity contribution < 1.29 is 0 Å². The molecule has 0 atom stereocenters. The van der Waals surface area contributed by atoms with Gasteiger partial charge < -0.3 is 10.7 Å². The molecule has 0 amide bonds. The third-order valence-corrected chi connectivity index (χ3v) is 0.976. The summed E-state index contributed by atoms with van der Waals surface area (Å²) in [6.07, 6.45) is 2.66. The summed E-state index contributed by atoms with van der Waals surface area (Å²) >= 11 is 3.06. The summed E-state index contributed by atoms with van der Waals surface area (Å²) in [5.74, 6) is 5.43. The molecule has 54 valence electrons. The molecule has 0 aromatic rings. The Morgan fingerprint density at radius 1 is 1.78 bits per heavy atom.